The summed E-state index contributed by atoms with van der Waals surface area (Å²) in [5.41, 5.74) is -0.138. The number of halogens is 3. The van der Waals surface area contributed by atoms with E-state index in [2.05, 4.69) is 15.0 Å². The number of aromatic nitrogens is 1. The van der Waals surface area contributed by atoms with Crippen molar-refractivity contribution in [1.29, 1.82) is 0 Å². The van der Waals surface area contributed by atoms with E-state index < -0.39 is 27.7 Å². The van der Waals surface area contributed by atoms with E-state index in [9.17, 15) is 26.4 Å². The minimum absolute atomic E-state index is 0.0382. The minimum Gasteiger partial charge on any atom is -0.462 e. The fourth-order valence-electron chi connectivity index (χ4n) is 4.24. The van der Waals surface area contributed by atoms with Crippen molar-refractivity contribution in [2.45, 2.75) is 56.1 Å². The third-order valence-corrected chi connectivity index (χ3v) is 7.59. The molecule has 0 spiro atoms. The van der Waals surface area contributed by atoms with Crippen LogP contribution in [0, 0.1) is 0 Å². The van der Waals surface area contributed by atoms with Crippen molar-refractivity contribution >= 4 is 38.3 Å². The van der Waals surface area contributed by atoms with Gasteiger partial charge in [0.15, 0.2) is 0 Å². The zero-order valence-electron chi connectivity index (χ0n) is 19.6. The number of pyridine rings is 1. The summed E-state index contributed by atoms with van der Waals surface area (Å²) >= 11 is 0. The number of nitrogens with zero attached hydrogens (tertiary/aromatic N) is 1. The van der Waals surface area contributed by atoms with Crippen LogP contribution in [0.1, 0.15) is 54.9 Å². The van der Waals surface area contributed by atoms with Crippen LogP contribution >= 0.6 is 0 Å². The average molecular weight is 522 g/mol. The first-order valence-corrected chi connectivity index (χ1v) is 13.1. The highest BCUT2D eigenvalue weighted by atomic mass is 32.2. The monoisotopic (exact) mass is 521 g/mol. The first-order chi connectivity index (χ1) is 17.1. The number of anilines is 2. The summed E-state index contributed by atoms with van der Waals surface area (Å²) in [5, 5.41) is 3.32. The zero-order chi connectivity index (χ0) is 25.9. The summed E-state index contributed by atoms with van der Waals surface area (Å²) in [6.45, 7) is 1.74. The number of sulfonamides is 1. The van der Waals surface area contributed by atoms with Gasteiger partial charge in [0.2, 0.25) is 10.0 Å². The number of carbonyl (C=O) groups excluding carboxylic acids is 1. The van der Waals surface area contributed by atoms with Gasteiger partial charge in [-0.2, -0.15) is 13.2 Å². The number of nitrogens with one attached hydrogen (secondary N) is 2. The van der Waals surface area contributed by atoms with Crippen molar-refractivity contribution in [3.05, 3.63) is 59.8 Å². The van der Waals surface area contributed by atoms with Crippen LogP contribution in [-0.4, -0.2) is 32.0 Å². The van der Waals surface area contributed by atoms with Crippen molar-refractivity contribution in [2.24, 2.45) is 0 Å². The molecule has 1 heterocycles. The smallest absolute Gasteiger partial charge is 0.416 e. The Kier molecular flexibility index (Phi) is 7.51. The Morgan fingerprint density at radius 2 is 1.78 bits per heavy atom. The highest BCUT2D eigenvalue weighted by Gasteiger charge is 2.31. The number of hydrogen-bond acceptors (Lipinski definition) is 6. The topological polar surface area (TPSA) is 97.4 Å². The summed E-state index contributed by atoms with van der Waals surface area (Å²) in [6, 6.07) is 8.90. The lowest BCUT2D eigenvalue weighted by Gasteiger charge is -2.22. The Hall–Kier alpha value is -3.18. The molecule has 2 N–H and O–H groups in total. The third kappa shape index (κ3) is 5.79. The van der Waals surface area contributed by atoms with E-state index in [0.29, 0.717) is 5.69 Å². The molecule has 0 saturated heterocycles. The molecular weight excluding hydrogens is 495 g/mol. The molecule has 0 atom stereocenters. The Labute approximate surface area is 207 Å². The Balaban J connectivity index is 1.66. The highest BCUT2D eigenvalue weighted by Crippen LogP contribution is 2.35. The van der Waals surface area contributed by atoms with Gasteiger partial charge in [0, 0.05) is 23.3 Å². The van der Waals surface area contributed by atoms with Crippen LogP contribution in [0.5, 0.6) is 0 Å². The van der Waals surface area contributed by atoms with E-state index >= 15 is 0 Å². The molecule has 0 amide bonds. The van der Waals surface area contributed by atoms with E-state index in [-0.39, 0.29) is 39.7 Å². The van der Waals surface area contributed by atoms with Gasteiger partial charge in [0.25, 0.3) is 0 Å². The molecule has 3 aromatic rings. The van der Waals surface area contributed by atoms with E-state index in [1.165, 1.54) is 30.3 Å². The van der Waals surface area contributed by atoms with Crippen molar-refractivity contribution < 1.29 is 31.1 Å². The van der Waals surface area contributed by atoms with E-state index in [1.807, 2.05) is 0 Å². The van der Waals surface area contributed by atoms with Crippen molar-refractivity contribution in [2.75, 3.05) is 11.9 Å². The van der Waals surface area contributed by atoms with Crippen molar-refractivity contribution in [3.8, 4) is 0 Å². The molecule has 192 valence electrons. The van der Waals surface area contributed by atoms with E-state index in [0.717, 1.165) is 50.4 Å². The highest BCUT2D eigenvalue weighted by molar-refractivity contribution is 7.89. The van der Waals surface area contributed by atoms with Crippen LogP contribution in [0.15, 0.2) is 53.6 Å². The van der Waals surface area contributed by atoms with Gasteiger partial charge in [-0.15, -0.1) is 0 Å². The molecule has 4 rings (SSSR count). The van der Waals surface area contributed by atoms with Gasteiger partial charge in [0.1, 0.15) is 5.56 Å². The molecule has 1 aliphatic carbocycles. The number of fused-ring (bicyclic) bond motifs is 1. The second-order valence-electron chi connectivity index (χ2n) is 8.60. The lowest BCUT2D eigenvalue weighted by atomic mass is 9.96. The number of hydrogen-bond donors (Lipinski definition) is 2. The molecule has 0 radical (unpaired) electrons. The maximum atomic E-state index is 13.2. The fourth-order valence-corrected chi connectivity index (χ4v) is 5.54. The van der Waals surface area contributed by atoms with Crippen LogP contribution in [0.3, 0.4) is 0 Å². The number of benzene rings is 2. The maximum Gasteiger partial charge on any atom is 0.416 e. The molecule has 0 unspecified atom stereocenters. The molecule has 36 heavy (non-hydrogen) atoms. The second kappa shape index (κ2) is 10.4. The predicted molar refractivity (Wildman–Crippen MR) is 130 cm³/mol. The van der Waals surface area contributed by atoms with Crippen LogP contribution in [0.4, 0.5) is 24.5 Å². The molecule has 1 aliphatic rings. The number of rotatable bonds is 7. The molecule has 0 bridgehead atoms. The van der Waals surface area contributed by atoms with Gasteiger partial charge in [0.05, 0.1) is 28.3 Å². The summed E-state index contributed by atoms with van der Waals surface area (Å²) in [6.07, 6.45) is 1.31. The largest absolute Gasteiger partial charge is 0.462 e. The Morgan fingerprint density at radius 1 is 1.08 bits per heavy atom. The fraction of sp³-hybridized carbons (Fsp3) is 0.360. The third-order valence-electron chi connectivity index (χ3n) is 6.05. The number of esters is 1. The van der Waals surface area contributed by atoms with Crippen molar-refractivity contribution in [1.82, 2.24) is 9.71 Å². The maximum absolute atomic E-state index is 13.2. The predicted octanol–water partition coefficient (Wildman–Crippen LogP) is 5.78. The van der Waals surface area contributed by atoms with E-state index in [4.69, 9.17) is 4.74 Å². The van der Waals surface area contributed by atoms with Gasteiger partial charge in [-0.1, -0.05) is 25.3 Å². The zero-order valence-corrected chi connectivity index (χ0v) is 20.4. The Morgan fingerprint density at radius 3 is 2.42 bits per heavy atom. The summed E-state index contributed by atoms with van der Waals surface area (Å²) in [5.74, 6) is -0.690. The Bertz CT molecular complexity index is 1350. The van der Waals surface area contributed by atoms with Gasteiger partial charge < -0.3 is 10.1 Å². The first-order valence-electron chi connectivity index (χ1n) is 11.6. The summed E-state index contributed by atoms with van der Waals surface area (Å²) in [4.78, 5) is 16.7. The number of ether oxygens (including phenoxy) is 1. The van der Waals surface area contributed by atoms with Crippen LogP contribution < -0.4 is 10.0 Å². The molecule has 7 nitrogen and oxygen atoms in total. The molecule has 0 aliphatic heterocycles. The SMILES string of the molecule is CCOC(=O)c1cnc2cc(C(F)(F)F)ccc2c1Nc1ccc(S(=O)(=O)NC2CCCCC2)cc1. The van der Waals surface area contributed by atoms with Crippen LogP contribution in [0.25, 0.3) is 10.9 Å². The standard InChI is InChI=1S/C25H26F3N3O4S/c1-2-35-24(32)21-15-29-22-14-16(25(26,27)28)8-13-20(22)23(21)30-17-9-11-19(12-10-17)36(33,34)31-18-6-4-3-5-7-18/h8-15,18,31H,2-7H2,1H3,(H,29,30). The first kappa shape index (κ1) is 25.9. The number of carbonyl (C=O) groups is 1. The minimum atomic E-state index is -4.55. The lowest BCUT2D eigenvalue weighted by Crippen LogP contribution is -2.36. The molecule has 1 saturated carbocycles. The normalized spacial score (nSPS) is 15.1. The molecule has 11 heteroatoms. The van der Waals surface area contributed by atoms with Crippen LogP contribution in [-0.2, 0) is 20.9 Å². The summed E-state index contributed by atoms with van der Waals surface area (Å²) < 4.78 is 72.9. The van der Waals surface area contributed by atoms with Gasteiger partial charge in [-0.3, -0.25) is 4.98 Å². The van der Waals surface area contributed by atoms with Crippen molar-refractivity contribution in [3.63, 3.8) is 0 Å². The van der Waals surface area contributed by atoms with Gasteiger partial charge in [-0.05, 0) is 56.2 Å². The van der Waals surface area contributed by atoms with Gasteiger partial charge >= 0.3 is 12.1 Å². The molecular formula is C25H26F3N3O4S. The molecule has 2 aromatic carbocycles. The van der Waals surface area contributed by atoms with Crippen LogP contribution in [0.2, 0.25) is 0 Å². The summed E-state index contributed by atoms with van der Waals surface area (Å²) in [7, 11) is -3.70. The van der Waals surface area contributed by atoms with Gasteiger partial charge in [-0.25, -0.2) is 17.9 Å². The quantitative estimate of drug-likeness (QED) is 0.382. The second-order valence-corrected chi connectivity index (χ2v) is 10.3. The molecule has 1 aromatic heterocycles. The lowest BCUT2D eigenvalue weighted by molar-refractivity contribution is -0.137. The van der Waals surface area contributed by atoms with E-state index in [1.54, 1.807) is 6.92 Å². The number of alkyl halides is 3. The average Bonchev–Trinajstić information content (AvgIpc) is 2.84. The molecule has 1 fully saturated rings.